The summed E-state index contributed by atoms with van der Waals surface area (Å²) < 4.78 is 24.6. The molecule has 0 amide bonds. The maximum atomic E-state index is 13.0. The van der Waals surface area contributed by atoms with Gasteiger partial charge in [-0.05, 0) is 61.0 Å². The van der Waals surface area contributed by atoms with Crippen LogP contribution in [0.25, 0.3) is 0 Å². The third kappa shape index (κ3) is 5.54. The molecule has 1 N–H and O–H groups in total. The van der Waals surface area contributed by atoms with Crippen molar-refractivity contribution in [2.75, 3.05) is 11.9 Å². The summed E-state index contributed by atoms with van der Waals surface area (Å²) in [7, 11) is 0. The molecule has 28 heavy (non-hydrogen) atoms. The van der Waals surface area contributed by atoms with Crippen molar-refractivity contribution in [1.29, 1.82) is 0 Å². The van der Waals surface area contributed by atoms with Crippen molar-refractivity contribution in [3.05, 3.63) is 87.7 Å². The molecule has 0 fully saturated rings. The number of halogens is 3. The molecule has 0 heterocycles. The van der Waals surface area contributed by atoms with Crippen molar-refractivity contribution >= 4 is 28.9 Å². The summed E-state index contributed by atoms with van der Waals surface area (Å²) in [5, 5.41) is 4.40. The molecule has 0 radical (unpaired) electrons. The van der Waals surface area contributed by atoms with Crippen molar-refractivity contribution in [2.24, 2.45) is 0 Å². The number of ether oxygens (including phenoxy) is 2. The van der Waals surface area contributed by atoms with E-state index in [0.717, 1.165) is 16.8 Å². The molecule has 0 atom stereocenters. The average molecular weight is 420 g/mol. The molecule has 3 aromatic rings. The van der Waals surface area contributed by atoms with Gasteiger partial charge in [0.2, 0.25) is 0 Å². The smallest absolute Gasteiger partial charge is 0.161 e. The molecule has 6 heteroatoms. The van der Waals surface area contributed by atoms with E-state index in [-0.39, 0.29) is 5.82 Å². The van der Waals surface area contributed by atoms with Crippen molar-refractivity contribution in [3.8, 4) is 11.5 Å². The molecule has 3 nitrogen and oxygen atoms in total. The zero-order chi connectivity index (χ0) is 19.9. The topological polar surface area (TPSA) is 30.5 Å². The van der Waals surface area contributed by atoms with Crippen LogP contribution in [0.1, 0.15) is 18.1 Å². The average Bonchev–Trinajstić information content (AvgIpc) is 2.68. The standard InChI is InChI=1S/C22H20Cl2FNO2/c1-2-27-22-11-15(13-26-19-8-6-18(25)7-9-19)3-10-21(22)28-14-16-4-5-17(23)12-20(16)24/h3-12,26H,2,13-14H2,1H3. The van der Waals surface area contributed by atoms with Gasteiger partial charge in [-0.3, -0.25) is 0 Å². The largest absolute Gasteiger partial charge is 0.490 e. The second-order valence-electron chi connectivity index (χ2n) is 6.10. The molecule has 146 valence electrons. The predicted octanol–water partition coefficient (Wildman–Crippen LogP) is 6.72. The van der Waals surface area contributed by atoms with Crippen LogP contribution in [0.3, 0.4) is 0 Å². The SMILES string of the molecule is CCOc1cc(CNc2ccc(F)cc2)ccc1OCc1ccc(Cl)cc1Cl. The molecule has 0 unspecified atom stereocenters. The van der Waals surface area contributed by atoms with Gasteiger partial charge < -0.3 is 14.8 Å². The number of nitrogens with one attached hydrogen (secondary N) is 1. The minimum Gasteiger partial charge on any atom is -0.490 e. The maximum Gasteiger partial charge on any atom is 0.161 e. The second-order valence-corrected chi connectivity index (χ2v) is 6.94. The van der Waals surface area contributed by atoms with Crippen LogP contribution < -0.4 is 14.8 Å². The summed E-state index contributed by atoms with van der Waals surface area (Å²) in [5.74, 6) is 1.04. The van der Waals surface area contributed by atoms with E-state index in [2.05, 4.69) is 5.32 Å². The van der Waals surface area contributed by atoms with Gasteiger partial charge in [0, 0.05) is 27.8 Å². The molecule has 3 rings (SSSR count). The first-order chi connectivity index (χ1) is 13.5. The summed E-state index contributed by atoms with van der Waals surface area (Å²) in [6.45, 7) is 3.33. The van der Waals surface area contributed by atoms with Gasteiger partial charge in [-0.25, -0.2) is 4.39 Å². The predicted molar refractivity (Wildman–Crippen MR) is 112 cm³/mol. The highest BCUT2D eigenvalue weighted by atomic mass is 35.5. The normalized spacial score (nSPS) is 10.6. The van der Waals surface area contributed by atoms with Gasteiger partial charge in [-0.1, -0.05) is 35.3 Å². The molecular formula is C22H20Cl2FNO2. The molecule has 0 aliphatic rings. The Bertz CT molecular complexity index is 932. The van der Waals surface area contributed by atoms with Crippen molar-refractivity contribution in [3.63, 3.8) is 0 Å². The highest BCUT2D eigenvalue weighted by Crippen LogP contribution is 2.31. The van der Waals surface area contributed by atoms with Crippen LogP contribution in [0.15, 0.2) is 60.7 Å². The van der Waals surface area contributed by atoms with Crippen LogP contribution in [-0.2, 0) is 13.2 Å². The maximum absolute atomic E-state index is 13.0. The number of hydrogen-bond acceptors (Lipinski definition) is 3. The lowest BCUT2D eigenvalue weighted by molar-refractivity contribution is 0.269. The Labute approximate surface area is 174 Å². The molecule has 0 aliphatic heterocycles. The zero-order valence-electron chi connectivity index (χ0n) is 15.3. The Hall–Kier alpha value is -2.43. The van der Waals surface area contributed by atoms with Gasteiger partial charge in [0.15, 0.2) is 11.5 Å². The Morgan fingerprint density at radius 1 is 0.893 bits per heavy atom. The van der Waals surface area contributed by atoms with E-state index in [0.29, 0.717) is 41.3 Å². The third-order valence-electron chi connectivity index (χ3n) is 4.05. The summed E-state index contributed by atoms with van der Waals surface area (Å²) in [6, 6.07) is 17.3. The van der Waals surface area contributed by atoms with Gasteiger partial charge in [-0.2, -0.15) is 0 Å². The third-order valence-corrected chi connectivity index (χ3v) is 4.63. The van der Waals surface area contributed by atoms with Gasteiger partial charge in [0.25, 0.3) is 0 Å². The summed E-state index contributed by atoms with van der Waals surface area (Å²) in [4.78, 5) is 0. The molecule has 0 bridgehead atoms. The fourth-order valence-electron chi connectivity index (χ4n) is 2.62. The second kappa shape index (κ2) is 9.67. The molecule has 0 saturated carbocycles. The first-order valence-electron chi connectivity index (χ1n) is 8.87. The number of rotatable bonds is 8. The van der Waals surface area contributed by atoms with E-state index in [4.69, 9.17) is 32.7 Å². The van der Waals surface area contributed by atoms with Crippen molar-refractivity contribution < 1.29 is 13.9 Å². The van der Waals surface area contributed by atoms with Gasteiger partial charge in [-0.15, -0.1) is 0 Å². The molecule has 0 aromatic heterocycles. The highest BCUT2D eigenvalue weighted by Gasteiger charge is 2.09. The summed E-state index contributed by atoms with van der Waals surface area (Å²) in [5.41, 5.74) is 2.71. The van der Waals surface area contributed by atoms with Crippen LogP contribution in [0.4, 0.5) is 10.1 Å². The van der Waals surface area contributed by atoms with Gasteiger partial charge >= 0.3 is 0 Å². The van der Waals surface area contributed by atoms with E-state index in [9.17, 15) is 4.39 Å². The molecule has 0 aliphatic carbocycles. The molecule has 0 spiro atoms. The number of anilines is 1. The number of benzene rings is 3. The van der Waals surface area contributed by atoms with Crippen LogP contribution in [0.2, 0.25) is 10.0 Å². The zero-order valence-corrected chi connectivity index (χ0v) is 16.9. The molecular weight excluding hydrogens is 400 g/mol. The highest BCUT2D eigenvalue weighted by molar-refractivity contribution is 6.35. The van der Waals surface area contributed by atoms with E-state index < -0.39 is 0 Å². The molecule has 0 saturated heterocycles. The van der Waals surface area contributed by atoms with Crippen LogP contribution in [0, 0.1) is 5.82 Å². The lowest BCUT2D eigenvalue weighted by atomic mass is 10.2. The van der Waals surface area contributed by atoms with Gasteiger partial charge in [0.1, 0.15) is 12.4 Å². The Morgan fingerprint density at radius 3 is 2.39 bits per heavy atom. The van der Waals surface area contributed by atoms with E-state index in [1.54, 1.807) is 24.3 Å². The Kier molecular flexibility index (Phi) is 7.01. The lowest BCUT2D eigenvalue weighted by Crippen LogP contribution is -2.03. The van der Waals surface area contributed by atoms with Crippen LogP contribution in [0.5, 0.6) is 11.5 Å². The van der Waals surface area contributed by atoms with Crippen molar-refractivity contribution in [2.45, 2.75) is 20.1 Å². The minimum absolute atomic E-state index is 0.258. The van der Waals surface area contributed by atoms with E-state index in [1.165, 1.54) is 12.1 Å². The first kappa shape index (κ1) is 20.3. The van der Waals surface area contributed by atoms with Crippen LogP contribution in [-0.4, -0.2) is 6.61 Å². The van der Waals surface area contributed by atoms with E-state index in [1.807, 2.05) is 31.2 Å². The van der Waals surface area contributed by atoms with Gasteiger partial charge in [0.05, 0.1) is 6.61 Å². The molecule has 3 aromatic carbocycles. The lowest BCUT2D eigenvalue weighted by Gasteiger charge is -2.15. The summed E-state index contributed by atoms with van der Waals surface area (Å²) >= 11 is 12.1. The quantitative estimate of drug-likeness (QED) is 0.439. The minimum atomic E-state index is -0.258. The monoisotopic (exact) mass is 419 g/mol. The Balaban J connectivity index is 1.68. The first-order valence-corrected chi connectivity index (χ1v) is 9.62. The fraction of sp³-hybridized carbons (Fsp3) is 0.182. The van der Waals surface area contributed by atoms with Crippen LogP contribution >= 0.6 is 23.2 Å². The Morgan fingerprint density at radius 2 is 1.68 bits per heavy atom. The fourth-order valence-corrected chi connectivity index (χ4v) is 3.08. The summed E-state index contributed by atoms with van der Waals surface area (Å²) in [6.07, 6.45) is 0. The van der Waals surface area contributed by atoms with E-state index >= 15 is 0 Å². The number of hydrogen-bond donors (Lipinski definition) is 1. The van der Waals surface area contributed by atoms with Crippen molar-refractivity contribution in [1.82, 2.24) is 0 Å².